The fourth-order valence-corrected chi connectivity index (χ4v) is 2.95. The first-order chi connectivity index (χ1) is 8.09. The van der Waals surface area contributed by atoms with Gasteiger partial charge < -0.3 is 10.0 Å². The highest BCUT2D eigenvalue weighted by Gasteiger charge is 2.31. The largest absolute Gasteiger partial charge is 0.391 e. The summed E-state index contributed by atoms with van der Waals surface area (Å²) in [4.78, 5) is 13.6. The minimum absolute atomic E-state index is 0.126. The van der Waals surface area contributed by atoms with Gasteiger partial charge in [-0.3, -0.25) is 4.79 Å². The number of carbonyl (C=O) groups is 1. The van der Waals surface area contributed by atoms with Crippen molar-refractivity contribution in [1.29, 1.82) is 0 Å². The number of likely N-dealkylation sites (N-methyl/N-ethyl adjacent to an activating group) is 1. The molecule has 0 radical (unpaired) electrons. The van der Waals surface area contributed by atoms with Crippen molar-refractivity contribution in [2.45, 2.75) is 37.8 Å². The molecule has 1 aliphatic rings. The molecule has 1 saturated carbocycles. The number of hydrogen-bond acceptors (Lipinski definition) is 5. The summed E-state index contributed by atoms with van der Waals surface area (Å²) < 4.78 is 0.256. The van der Waals surface area contributed by atoms with Crippen LogP contribution in [0, 0.1) is 0 Å². The monoisotopic (exact) mass is 275 g/mol. The van der Waals surface area contributed by atoms with Gasteiger partial charge in [0.25, 0.3) is 5.91 Å². The Labute approximate surface area is 108 Å². The fraction of sp³-hybridized carbons (Fsp3) is 0.700. The summed E-state index contributed by atoms with van der Waals surface area (Å²) in [5, 5.41) is 17.5. The summed E-state index contributed by atoms with van der Waals surface area (Å²) >= 11 is 6.71. The van der Waals surface area contributed by atoms with E-state index in [0.717, 1.165) is 37.0 Å². The maximum atomic E-state index is 12.1. The number of aliphatic hydroxyl groups excluding tert-OH is 1. The van der Waals surface area contributed by atoms with Gasteiger partial charge in [-0.2, -0.15) is 0 Å². The first-order valence-corrected chi connectivity index (χ1v) is 6.73. The standard InChI is InChI=1S/C10H14ClN3O2S/c1-14(6-4-2-3-5-7(6)15)9(16)8-12-13-10(11)17-8/h6-7,15H,2-5H2,1H3. The molecule has 94 valence electrons. The Balaban J connectivity index is 2.08. The number of nitrogens with zero attached hydrogens (tertiary/aromatic N) is 3. The summed E-state index contributed by atoms with van der Waals surface area (Å²) in [6.45, 7) is 0. The summed E-state index contributed by atoms with van der Waals surface area (Å²) in [6, 6.07) is -0.126. The molecule has 1 aromatic rings. The van der Waals surface area contributed by atoms with Gasteiger partial charge in [-0.05, 0) is 24.4 Å². The van der Waals surface area contributed by atoms with Crippen molar-refractivity contribution in [2.24, 2.45) is 0 Å². The Hall–Kier alpha value is -0.720. The lowest BCUT2D eigenvalue weighted by molar-refractivity contribution is 0.0267. The number of amides is 1. The second-order valence-electron chi connectivity index (χ2n) is 4.20. The average Bonchev–Trinajstić information content (AvgIpc) is 2.75. The molecule has 1 aromatic heterocycles. The molecule has 0 aromatic carbocycles. The van der Waals surface area contributed by atoms with E-state index in [2.05, 4.69) is 10.2 Å². The highest BCUT2D eigenvalue weighted by Crippen LogP contribution is 2.24. The molecule has 1 fully saturated rings. The van der Waals surface area contributed by atoms with Crippen molar-refractivity contribution in [3.05, 3.63) is 9.47 Å². The smallest absolute Gasteiger partial charge is 0.284 e. The Morgan fingerprint density at radius 1 is 1.47 bits per heavy atom. The van der Waals surface area contributed by atoms with Gasteiger partial charge in [0, 0.05) is 7.05 Å². The maximum Gasteiger partial charge on any atom is 0.284 e. The van der Waals surface area contributed by atoms with Gasteiger partial charge in [0.15, 0.2) is 0 Å². The number of halogens is 1. The topological polar surface area (TPSA) is 66.3 Å². The molecule has 0 bridgehead atoms. The lowest BCUT2D eigenvalue weighted by Gasteiger charge is -2.34. The first kappa shape index (κ1) is 12.7. The SMILES string of the molecule is CN(C(=O)c1nnc(Cl)s1)C1CCCCC1O. The quantitative estimate of drug-likeness (QED) is 0.890. The second kappa shape index (κ2) is 5.29. The molecular weight excluding hydrogens is 262 g/mol. The van der Waals surface area contributed by atoms with E-state index < -0.39 is 6.10 Å². The van der Waals surface area contributed by atoms with Crippen LogP contribution < -0.4 is 0 Å². The molecule has 1 heterocycles. The van der Waals surface area contributed by atoms with Crippen LogP contribution in [0.3, 0.4) is 0 Å². The highest BCUT2D eigenvalue weighted by atomic mass is 35.5. The Bertz CT molecular complexity index is 412. The summed E-state index contributed by atoms with van der Waals surface area (Å²) in [6.07, 6.45) is 3.19. The van der Waals surface area contributed by atoms with Crippen molar-refractivity contribution < 1.29 is 9.90 Å². The molecule has 0 aliphatic heterocycles. The van der Waals surface area contributed by atoms with E-state index in [1.807, 2.05) is 0 Å². The molecule has 0 spiro atoms. The number of aromatic nitrogens is 2. The predicted molar refractivity (Wildman–Crippen MR) is 65.3 cm³/mol. The van der Waals surface area contributed by atoms with E-state index in [1.54, 1.807) is 11.9 Å². The highest BCUT2D eigenvalue weighted by molar-refractivity contribution is 7.17. The molecule has 17 heavy (non-hydrogen) atoms. The van der Waals surface area contributed by atoms with Gasteiger partial charge >= 0.3 is 0 Å². The molecule has 7 heteroatoms. The van der Waals surface area contributed by atoms with Gasteiger partial charge in [-0.25, -0.2) is 0 Å². The average molecular weight is 276 g/mol. The molecule has 5 nitrogen and oxygen atoms in total. The van der Waals surface area contributed by atoms with Gasteiger partial charge in [-0.15, -0.1) is 10.2 Å². The van der Waals surface area contributed by atoms with Crippen LogP contribution in [0.2, 0.25) is 4.47 Å². The molecule has 1 aliphatic carbocycles. The molecular formula is C10H14ClN3O2S. The van der Waals surface area contributed by atoms with Crippen molar-refractivity contribution in [3.63, 3.8) is 0 Å². The number of aliphatic hydroxyl groups is 1. The lowest BCUT2D eigenvalue weighted by atomic mass is 9.91. The van der Waals surface area contributed by atoms with E-state index in [4.69, 9.17) is 11.6 Å². The van der Waals surface area contributed by atoms with E-state index in [1.165, 1.54) is 0 Å². The predicted octanol–water partition coefficient (Wildman–Crippen LogP) is 1.57. The van der Waals surface area contributed by atoms with Crippen LogP contribution in [0.25, 0.3) is 0 Å². The van der Waals surface area contributed by atoms with Crippen LogP contribution in [0.1, 0.15) is 35.5 Å². The van der Waals surface area contributed by atoms with Crippen molar-refractivity contribution in [2.75, 3.05) is 7.05 Å². The molecule has 0 saturated heterocycles. The van der Waals surface area contributed by atoms with Gasteiger partial charge in [0.1, 0.15) is 0 Å². The Kier molecular flexibility index (Phi) is 3.96. The number of carbonyl (C=O) groups excluding carboxylic acids is 1. The van der Waals surface area contributed by atoms with E-state index in [9.17, 15) is 9.90 Å². The van der Waals surface area contributed by atoms with Gasteiger partial charge in [0.2, 0.25) is 9.47 Å². The van der Waals surface area contributed by atoms with Gasteiger partial charge in [-0.1, -0.05) is 24.2 Å². The van der Waals surface area contributed by atoms with Crippen LogP contribution in [-0.2, 0) is 0 Å². The third-order valence-electron chi connectivity index (χ3n) is 3.10. The van der Waals surface area contributed by atoms with Crippen LogP contribution in [-0.4, -0.2) is 45.3 Å². The fourth-order valence-electron chi connectivity index (χ4n) is 2.14. The van der Waals surface area contributed by atoms with E-state index >= 15 is 0 Å². The second-order valence-corrected chi connectivity index (χ2v) is 5.76. The van der Waals surface area contributed by atoms with Crippen LogP contribution >= 0.6 is 22.9 Å². The maximum absolute atomic E-state index is 12.1. The number of rotatable bonds is 2. The van der Waals surface area contributed by atoms with Crippen molar-refractivity contribution >= 4 is 28.8 Å². The molecule has 2 rings (SSSR count). The first-order valence-electron chi connectivity index (χ1n) is 5.54. The summed E-state index contributed by atoms with van der Waals surface area (Å²) in [5.41, 5.74) is 0. The Morgan fingerprint density at radius 2 is 2.18 bits per heavy atom. The van der Waals surface area contributed by atoms with Crippen LogP contribution in [0.4, 0.5) is 0 Å². The molecule has 1 N–H and O–H groups in total. The third-order valence-corrected chi connectivity index (χ3v) is 4.10. The third kappa shape index (κ3) is 2.75. The zero-order chi connectivity index (χ0) is 12.4. The number of hydrogen-bond donors (Lipinski definition) is 1. The summed E-state index contributed by atoms with van der Waals surface area (Å²) in [5.74, 6) is -0.222. The van der Waals surface area contributed by atoms with E-state index in [-0.39, 0.29) is 21.4 Å². The van der Waals surface area contributed by atoms with Crippen molar-refractivity contribution in [3.8, 4) is 0 Å². The lowest BCUT2D eigenvalue weighted by Crippen LogP contribution is -2.46. The zero-order valence-corrected chi connectivity index (χ0v) is 11.0. The van der Waals surface area contributed by atoms with Crippen LogP contribution in [0.15, 0.2) is 0 Å². The van der Waals surface area contributed by atoms with Crippen molar-refractivity contribution in [1.82, 2.24) is 15.1 Å². The zero-order valence-electron chi connectivity index (χ0n) is 9.47. The molecule has 2 unspecified atom stereocenters. The van der Waals surface area contributed by atoms with Crippen LogP contribution in [0.5, 0.6) is 0 Å². The Morgan fingerprint density at radius 3 is 2.76 bits per heavy atom. The normalized spacial score (nSPS) is 24.6. The minimum Gasteiger partial charge on any atom is -0.391 e. The molecule has 2 atom stereocenters. The summed E-state index contributed by atoms with van der Waals surface area (Å²) in [7, 11) is 1.69. The van der Waals surface area contributed by atoms with E-state index in [0.29, 0.717) is 0 Å². The van der Waals surface area contributed by atoms with Gasteiger partial charge in [0.05, 0.1) is 12.1 Å². The molecule has 1 amide bonds. The minimum atomic E-state index is -0.443.